The molecule has 0 atom stereocenters. The van der Waals surface area contributed by atoms with Gasteiger partial charge >= 0.3 is 0 Å². The van der Waals surface area contributed by atoms with Crippen LogP contribution in [-0.2, 0) is 6.54 Å². The van der Waals surface area contributed by atoms with E-state index >= 15 is 0 Å². The normalized spacial score (nSPS) is 10.3. The summed E-state index contributed by atoms with van der Waals surface area (Å²) in [6.45, 7) is 2.58. The van der Waals surface area contributed by atoms with Gasteiger partial charge in [0.15, 0.2) is 5.69 Å². The molecule has 5 nitrogen and oxygen atoms in total. The number of rotatable bonds is 4. The number of aryl methyl sites for hydroxylation is 1. The molecule has 1 aromatic heterocycles. The Bertz CT molecular complexity index is 899. The van der Waals surface area contributed by atoms with Gasteiger partial charge in [0, 0.05) is 11.9 Å². The summed E-state index contributed by atoms with van der Waals surface area (Å²) in [5.74, 6) is 0.804. The fourth-order valence-electron chi connectivity index (χ4n) is 2.45. The lowest BCUT2D eigenvalue weighted by Crippen LogP contribution is -2.05. The first-order valence-electron chi connectivity index (χ1n) is 7.25. The topological polar surface area (TPSA) is 70.8 Å². The summed E-state index contributed by atoms with van der Waals surface area (Å²) in [5, 5.41) is 21.6. The fraction of sp³-hybridized carbons (Fsp3) is 0.167. The van der Waals surface area contributed by atoms with Gasteiger partial charge in [0.1, 0.15) is 11.8 Å². The van der Waals surface area contributed by atoms with E-state index in [1.165, 1.54) is 0 Å². The van der Waals surface area contributed by atoms with Gasteiger partial charge in [-0.3, -0.25) is 0 Å². The summed E-state index contributed by atoms with van der Waals surface area (Å²) in [4.78, 5) is 0. The van der Waals surface area contributed by atoms with Gasteiger partial charge in [-0.1, -0.05) is 23.8 Å². The van der Waals surface area contributed by atoms with Crippen LogP contribution in [0.15, 0.2) is 42.5 Å². The molecule has 0 unspecified atom stereocenters. The number of methoxy groups -OCH3 is 1. The second-order valence-corrected chi connectivity index (χ2v) is 5.26. The van der Waals surface area contributed by atoms with Crippen molar-refractivity contribution in [2.45, 2.75) is 13.5 Å². The van der Waals surface area contributed by atoms with E-state index in [9.17, 15) is 5.26 Å². The molecule has 0 aliphatic heterocycles. The summed E-state index contributed by atoms with van der Waals surface area (Å²) in [6, 6.07) is 15.8. The maximum atomic E-state index is 9.31. The third-order valence-corrected chi connectivity index (χ3v) is 3.63. The van der Waals surface area contributed by atoms with Gasteiger partial charge in [0.05, 0.1) is 18.3 Å². The van der Waals surface area contributed by atoms with E-state index in [0.29, 0.717) is 17.9 Å². The molecule has 0 aliphatic carbocycles. The van der Waals surface area contributed by atoms with Crippen molar-refractivity contribution in [2.75, 3.05) is 12.4 Å². The van der Waals surface area contributed by atoms with Crippen LogP contribution in [0.1, 0.15) is 16.8 Å². The van der Waals surface area contributed by atoms with Gasteiger partial charge in [-0.15, -0.1) is 10.2 Å². The summed E-state index contributed by atoms with van der Waals surface area (Å²) < 4.78 is 5.24. The first kappa shape index (κ1) is 14.8. The molecule has 3 aromatic rings. The fourth-order valence-corrected chi connectivity index (χ4v) is 2.45. The molecule has 1 N–H and O–H groups in total. The molecule has 0 spiro atoms. The number of hydrogen-bond donors (Lipinski definition) is 1. The van der Waals surface area contributed by atoms with Crippen LogP contribution in [0.5, 0.6) is 5.75 Å². The van der Waals surface area contributed by atoms with Crippen LogP contribution in [0, 0.1) is 18.3 Å². The Balaban J connectivity index is 1.98. The van der Waals surface area contributed by atoms with Crippen LogP contribution >= 0.6 is 0 Å². The van der Waals surface area contributed by atoms with Crippen molar-refractivity contribution in [3.63, 3.8) is 0 Å². The van der Waals surface area contributed by atoms with Crippen molar-refractivity contribution in [1.29, 1.82) is 5.26 Å². The van der Waals surface area contributed by atoms with Crippen molar-refractivity contribution < 1.29 is 4.74 Å². The van der Waals surface area contributed by atoms with E-state index < -0.39 is 0 Å². The number of ether oxygens (including phenoxy) is 1. The second kappa shape index (κ2) is 6.32. The number of anilines is 1. The molecule has 0 saturated heterocycles. The molecule has 2 aromatic carbocycles. The minimum atomic E-state index is 0.297. The Morgan fingerprint density at radius 2 is 2.04 bits per heavy atom. The zero-order valence-corrected chi connectivity index (χ0v) is 13.0. The number of nitriles is 1. The standard InChI is InChI=1S/C18H16N4O/c1-12-6-7-16-15(8-12)18(17(10-19)22-21-16)20-11-13-4-3-5-14(9-13)23-2/h3-9H,11H2,1-2H3,(H,20,21). The van der Waals surface area contributed by atoms with E-state index in [4.69, 9.17) is 4.74 Å². The number of hydrogen-bond acceptors (Lipinski definition) is 5. The molecule has 0 amide bonds. The van der Waals surface area contributed by atoms with Crippen molar-refractivity contribution in [3.8, 4) is 11.8 Å². The quantitative estimate of drug-likeness (QED) is 0.799. The molecule has 0 fully saturated rings. The molecule has 0 radical (unpaired) electrons. The monoisotopic (exact) mass is 304 g/mol. The van der Waals surface area contributed by atoms with Gasteiger partial charge in [0.2, 0.25) is 0 Å². The predicted octanol–water partition coefficient (Wildman–Crippen LogP) is 3.43. The summed E-state index contributed by atoms with van der Waals surface area (Å²) in [7, 11) is 1.64. The molecular formula is C18H16N4O. The van der Waals surface area contributed by atoms with Crippen molar-refractivity contribution in [2.24, 2.45) is 0 Å². The van der Waals surface area contributed by atoms with E-state index in [1.54, 1.807) is 7.11 Å². The zero-order chi connectivity index (χ0) is 16.2. The second-order valence-electron chi connectivity index (χ2n) is 5.26. The number of aromatic nitrogens is 2. The van der Waals surface area contributed by atoms with Gasteiger partial charge in [0.25, 0.3) is 0 Å². The molecule has 0 saturated carbocycles. The lowest BCUT2D eigenvalue weighted by atomic mass is 10.1. The third kappa shape index (κ3) is 3.06. The van der Waals surface area contributed by atoms with Crippen molar-refractivity contribution >= 4 is 16.6 Å². The van der Waals surface area contributed by atoms with Crippen LogP contribution in [0.4, 0.5) is 5.69 Å². The molecule has 1 heterocycles. The molecule has 5 heteroatoms. The Morgan fingerprint density at radius 1 is 1.17 bits per heavy atom. The number of fused-ring (bicyclic) bond motifs is 1. The maximum Gasteiger partial charge on any atom is 0.186 e. The van der Waals surface area contributed by atoms with Crippen LogP contribution in [0.3, 0.4) is 0 Å². The third-order valence-electron chi connectivity index (χ3n) is 3.63. The highest BCUT2D eigenvalue weighted by Gasteiger charge is 2.10. The largest absolute Gasteiger partial charge is 0.497 e. The van der Waals surface area contributed by atoms with Gasteiger partial charge < -0.3 is 10.1 Å². The van der Waals surface area contributed by atoms with Gasteiger partial charge in [-0.05, 0) is 36.8 Å². The summed E-state index contributed by atoms with van der Waals surface area (Å²) in [5.41, 5.74) is 3.95. The smallest absolute Gasteiger partial charge is 0.186 e. The highest BCUT2D eigenvalue weighted by atomic mass is 16.5. The Hall–Kier alpha value is -3.13. The SMILES string of the molecule is COc1cccc(CNc2c(C#N)nnc3ccc(C)cc23)c1. The lowest BCUT2D eigenvalue weighted by molar-refractivity contribution is 0.414. The van der Waals surface area contributed by atoms with E-state index in [1.807, 2.05) is 49.4 Å². The Labute approximate surface area is 134 Å². The van der Waals surface area contributed by atoms with Crippen molar-refractivity contribution in [1.82, 2.24) is 10.2 Å². The van der Waals surface area contributed by atoms with Crippen molar-refractivity contribution in [3.05, 3.63) is 59.3 Å². The molecule has 3 rings (SSSR count). The number of nitrogens with one attached hydrogen (secondary N) is 1. The minimum absolute atomic E-state index is 0.297. The van der Waals surface area contributed by atoms with E-state index in [-0.39, 0.29) is 0 Å². The van der Waals surface area contributed by atoms with Crippen LogP contribution in [0.2, 0.25) is 0 Å². The highest BCUT2D eigenvalue weighted by molar-refractivity contribution is 5.93. The Morgan fingerprint density at radius 3 is 2.83 bits per heavy atom. The molecule has 0 aliphatic rings. The molecule has 23 heavy (non-hydrogen) atoms. The van der Waals surface area contributed by atoms with E-state index in [2.05, 4.69) is 21.6 Å². The van der Waals surface area contributed by atoms with Crippen LogP contribution in [0.25, 0.3) is 10.9 Å². The highest BCUT2D eigenvalue weighted by Crippen LogP contribution is 2.26. The number of nitrogens with zero attached hydrogens (tertiary/aromatic N) is 3. The molecular weight excluding hydrogens is 288 g/mol. The first-order chi connectivity index (χ1) is 11.2. The number of benzene rings is 2. The Kier molecular flexibility index (Phi) is 4.07. The molecule has 0 bridgehead atoms. The van der Waals surface area contributed by atoms with Gasteiger partial charge in [-0.2, -0.15) is 5.26 Å². The summed E-state index contributed by atoms with van der Waals surface area (Å²) >= 11 is 0. The average molecular weight is 304 g/mol. The minimum Gasteiger partial charge on any atom is -0.497 e. The predicted molar refractivity (Wildman–Crippen MR) is 89.3 cm³/mol. The average Bonchev–Trinajstić information content (AvgIpc) is 2.59. The van der Waals surface area contributed by atoms with Crippen LogP contribution < -0.4 is 10.1 Å². The zero-order valence-electron chi connectivity index (χ0n) is 13.0. The van der Waals surface area contributed by atoms with Gasteiger partial charge in [-0.25, -0.2) is 0 Å². The first-order valence-corrected chi connectivity index (χ1v) is 7.25. The molecule has 114 valence electrons. The van der Waals surface area contributed by atoms with Crippen LogP contribution in [-0.4, -0.2) is 17.3 Å². The maximum absolute atomic E-state index is 9.31. The summed E-state index contributed by atoms with van der Waals surface area (Å²) in [6.07, 6.45) is 0. The lowest BCUT2D eigenvalue weighted by Gasteiger charge is -2.11. The van der Waals surface area contributed by atoms with E-state index in [0.717, 1.165) is 27.8 Å².